The van der Waals surface area contributed by atoms with Crippen LogP contribution in [0.1, 0.15) is 29.5 Å². The van der Waals surface area contributed by atoms with Gasteiger partial charge in [-0.05, 0) is 56.5 Å². The molecule has 0 spiro atoms. The first kappa shape index (κ1) is 13.0. The van der Waals surface area contributed by atoms with Crippen LogP contribution in [0.2, 0.25) is 0 Å². The largest absolute Gasteiger partial charge is 0.507 e. The Morgan fingerprint density at radius 2 is 1.81 bits per heavy atom. The molecule has 0 aliphatic heterocycles. The molecule has 1 aromatic carbocycles. The van der Waals surface area contributed by atoms with Gasteiger partial charge in [-0.3, -0.25) is 0 Å². The van der Waals surface area contributed by atoms with Gasteiger partial charge in [0, 0.05) is 6.54 Å². The predicted octanol–water partition coefficient (Wildman–Crippen LogP) is 1.84. The summed E-state index contributed by atoms with van der Waals surface area (Å²) < 4.78 is 0. The number of hydrogen-bond acceptors (Lipinski definition) is 3. The lowest BCUT2D eigenvalue weighted by Gasteiger charge is -2.09. The Hall–Kier alpha value is -1.06. The van der Waals surface area contributed by atoms with Gasteiger partial charge >= 0.3 is 0 Å². The van der Waals surface area contributed by atoms with Gasteiger partial charge in [-0.2, -0.15) is 0 Å². The molecule has 0 bridgehead atoms. The van der Waals surface area contributed by atoms with Gasteiger partial charge in [0.15, 0.2) is 0 Å². The monoisotopic (exact) mass is 222 g/mol. The average molecular weight is 222 g/mol. The highest BCUT2D eigenvalue weighted by Gasteiger charge is 2.02. The van der Waals surface area contributed by atoms with Crippen molar-refractivity contribution in [3.05, 3.63) is 28.8 Å². The van der Waals surface area contributed by atoms with E-state index in [1.807, 2.05) is 26.0 Å². The molecule has 3 nitrogen and oxygen atoms in total. The van der Waals surface area contributed by atoms with E-state index >= 15 is 0 Å². The van der Waals surface area contributed by atoms with Crippen LogP contribution in [0.4, 0.5) is 0 Å². The summed E-state index contributed by atoms with van der Waals surface area (Å²) in [5, 5.41) is 13.0. The Balaban J connectivity index is 2.43. The fourth-order valence-corrected chi connectivity index (χ4v) is 1.77. The van der Waals surface area contributed by atoms with E-state index in [9.17, 15) is 5.11 Å². The van der Waals surface area contributed by atoms with Crippen LogP contribution < -0.4 is 11.1 Å². The van der Waals surface area contributed by atoms with Crippen molar-refractivity contribution in [1.29, 1.82) is 0 Å². The maximum absolute atomic E-state index is 9.64. The number of nitrogens with two attached hydrogens (primary N) is 1. The minimum atomic E-state index is 0.409. The van der Waals surface area contributed by atoms with E-state index in [-0.39, 0.29) is 0 Å². The van der Waals surface area contributed by atoms with Crippen LogP contribution >= 0.6 is 0 Å². The van der Waals surface area contributed by atoms with Gasteiger partial charge in [-0.25, -0.2) is 0 Å². The Morgan fingerprint density at radius 3 is 2.38 bits per heavy atom. The lowest BCUT2D eigenvalue weighted by molar-refractivity contribution is 0.466. The minimum Gasteiger partial charge on any atom is -0.507 e. The van der Waals surface area contributed by atoms with Gasteiger partial charge in [0.1, 0.15) is 5.75 Å². The maximum atomic E-state index is 9.64. The summed E-state index contributed by atoms with van der Waals surface area (Å²) >= 11 is 0. The zero-order valence-corrected chi connectivity index (χ0v) is 10.2. The third-order valence-electron chi connectivity index (χ3n) is 2.69. The van der Waals surface area contributed by atoms with E-state index in [4.69, 9.17) is 5.73 Å². The summed E-state index contributed by atoms with van der Waals surface area (Å²) in [6.07, 6.45) is 2.19. The normalized spacial score (nSPS) is 10.7. The van der Waals surface area contributed by atoms with Crippen LogP contribution in [0.15, 0.2) is 12.1 Å². The Kier molecular flexibility index (Phi) is 5.29. The highest BCUT2D eigenvalue weighted by Crippen LogP contribution is 2.22. The molecule has 16 heavy (non-hydrogen) atoms. The lowest BCUT2D eigenvalue weighted by Crippen LogP contribution is -2.16. The highest BCUT2D eigenvalue weighted by atomic mass is 16.3. The molecule has 90 valence electrons. The maximum Gasteiger partial charge on any atom is 0.121 e. The van der Waals surface area contributed by atoms with Crippen LogP contribution in [-0.2, 0) is 6.54 Å². The summed E-state index contributed by atoms with van der Waals surface area (Å²) in [5.41, 5.74) is 8.53. The molecular formula is C13H22N2O. The standard InChI is InChI=1S/C13H22N2O/c1-10-7-12(8-11(2)13(10)16)9-15-6-4-3-5-14/h7-8,15-16H,3-6,9,14H2,1-2H3. The molecule has 0 fully saturated rings. The zero-order valence-electron chi connectivity index (χ0n) is 10.2. The first-order valence-corrected chi connectivity index (χ1v) is 5.85. The molecular weight excluding hydrogens is 200 g/mol. The molecule has 0 atom stereocenters. The Bertz CT molecular complexity index is 314. The van der Waals surface area contributed by atoms with Gasteiger partial charge in [0.25, 0.3) is 0 Å². The second-order valence-corrected chi connectivity index (χ2v) is 4.25. The number of phenols is 1. The van der Waals surface area contributed by atoms with Crippen molar-refractivity contribution in [2.75, 3.05) is 13.1 Å². The third kappa shape index (κ3) is 3.83. The van der Waals surface area contributed by atoms with Crippen molar-refractivity contribution in [2.24, 2.45) is 5.73 Å². The molecule has 0 aromatic heterocycles. The number of aryl methyl sites for hydroxylation is 2. The van der Waals surface area contributed by atoms with Crippen molar-refractivity contribution >= 4 is 0 Å². The number of nitrogens with one attached hydrogen (secondary N) is 1. The molecule has 1 aromatic rings. The molecule has 1 rings (SSSR count). The zero-order chi connectivity index (χ0) is 12.0. The number of phenolic OH excluding ortho intramolecular Hbond substituents is 1. The molecule has 3 heteroatoms. The summed E-state index contributed by atoms with van der Waals surface area (Å²) in [5.74, 6) is 0.409. The molecule has 4 N–H and O–H groups in total. The van der Waals surface area contributed by atoms with E-state index in [1.54, 1.807) is 0 Å². The molecule has 0 unspecified atom stereocenters. The molecule has 0 saturated heterocycles. The summed E-state index contributed by atoms with van der Waals surface area (Å²) in [6, 6.07) is 4.05. The van der Waals surface area contributed by atoms with Gasteiger partial charge in [0.2, 0.25) is 0 Å². The topological polar surface area (TPSA) is 58.3 Å². The van der Waals surface area contributed by atoms with Crippen molar-refractivity contribution in [3.8, 4) is 5.75 Å². The number of rotatable bonds is 6. The summed E-state index contributed by atoms with van der Waals surface area (Å²) in [6.45, 7) is 6.47. The smallest absolute Gasteiger partial charge is 0.121 e. The Labute approximate surface area is 97.7 Å². The summed E-state index contributed by atoms with van der Waals surface area (Å²) in [4.78, 5) is 0. The van der Waals surface area contributed by atoms with Crippen molar-refractivity contribution in [2.45, 2.75) is 33.2 Å². The van der Waals surface area contributed by atoms with Crippen molar-refractivity contribution in [3.63, 3.8) is 0 Å². The second-order valence-electron chi connectivity index (χ2n) is 4.25. The molecule has 0 heterocycles. The predicted molar refractivity (Wildman–Crippen MR) is 67.6 cm³/mol. The van der Waals surface area contributed by atoms with Crippen molar-refractivity contribution < 1.29 is 5.11 Å². The van der Waals surface area contributed by atoms with Crippen LogP contribution in [0.5, 0.6) is 5.75 Å². The van der Waals surface area contributed by atoms with Gasteiger partial charge in [-0.15, -0.1) is 0 Å². The van der Waals surface area contributed by atoms with Crippen LogP contribution in [0.25, 0.3) is 0 Å². The SMILES string of the molecule is Cc1cc(CNCCCCN)cc(C)c1O. The van der Waals surface area contributed by atoms with Gasteiger partial charge in [0.05, 0.1) is 0 Å². The third-order valence-corrected chi connectivity index (χ3v) is 2.69. The summed E-state index contributed by atoms with van der Waals surface area (Å²) in [7, 11) is 0. The number of aromatic hydroxyl groups is 1. The second kappa shape index (κ2) is 6.51. The molecule has 0 aliphatic carbocycles. The molecule has 0 aliphatic rings. The molecule has 0 saturated carbocycles. The van der Waals surface area contributed by atoms with E-state index in [2.05, 4.69) is 5.32 Å². The number of benzene rings is 1. The quantitative estimate of drug-likeness (QED) is 0.644. The minimum absolute atomic E-state index is 0.409. The lowest BCUT2D eigenvalue weighted by atomic mass is 10.1. The molecule has 0 radical (unpaired) electrons. The van der Waals surface area contributed by atoms with Gasteiger partial charge < -0.3 is 16.2 Å². The van der Waals surface area contributed by atoms with Crippen LogP contribution in [0.3, 0.4) is 0 Å². The van der Waals surface area contributed by atoms with Crippen molar-refractivity contribution in [1.82, 2.24) is 5.32 Å². The first-order chi connectivity index (χ1) is 7.65. The van der Waals surface area contributed by atoms with E-state index in [0.717, 1.165) is 43.6 Å². The van der Waals surface area contributed by atoms with E-state index < -0.39 is 0 Å². The van der Waals surface area contributed by atoms with E-state index in [1.165, 1.54) is 5.56 Å². The van der Waals surface area contributed by atoms with Crippen LogP contribution in [0, 0.1) is 13.8 Å². The fraction of sp³-hybridized carbons (Fsp3) is 0.538. The van der Waals surface area contributed by atoms with Crippen LogP contribution in [-0.4, -0.2) is 18.2 Å². The Morgan fingerprint density at radius 1 is 1.19 bits per heavy atom. The number of hydrogen-bond donors (Lipinski definition) is 3. The average Bonchev–Trinajstić information content (AvgIpc) is 2.25. The molecule has 0 amide bonds. The van der Waals surface area contributed by atoms with Gasteiger partial charge in [-0.1, -0.05) is 12.1 Å². The fourth-order valence-electron chi connectivity index (χ4n) is 1.77. The number of unbranched alkanes of at least 4 members (excludes halogenated alkanes) is 1. The highest BCUT2D eigenvalue weighted by molar-refractivity contribution is 5.42. The first-order valence-electron chi connectivity index (χ1n) is 5.85. The van der Waals surface area contributed by atoms with E-state index in [0.29, 0.717) is 5.75 Å².